The molecule has 0 aliphatic rings. The summed E-state index contributed by atoms with van der Waals surface area (Å²) in [6, 6.07) is 0. The van der Waals surface area contributed by atoms with E-state index in [0.29, 0.717) is 0 Å². The van der Waals surface area contributed by atoms with Crippen molar-refractivity contribution in [3.8, 4) is 0 Å². The van der Waals surface area contributed by atoms with Crippen LogP contribution in [0.1, 0.15) is 13.8 Å². The average Bonchev–Trinajstić information content (AvgIpc) is 2.18. The molecule has 0 radical (unpaired) electrons. The number of aliphatic hydroxyl groups is 2. The summed E-state index contributed by atoms with van der Waals surface area (Å²) in [5.74, 6) is -3.21. The van der Waals surface area contributed by atoms with Crippen LogP contribution >= 0.6 is 12.4 Å². The van der Waals surface area contributed by atoms with E-state index >= 15 is 0 Å². The third kappa shape index (κ3) is 191. The predicted molar refractivity (Wildman–Crippen MR) is 63.3 cm³/mol. The number of aliphatic carboxylic acids is 3. The van der Waals surface area contributed by atoms with Gasteiger partial charge in [-0.15, -0.1) is 12.4 Å². The summed E-state index contributed by atoms with van der Waals surface area (Å²) in [6.07, 6.45) is -1.23. The van der Waals surface area contributed by atoms with Crippen LogP contribution in [0.2, 0.25) is 0 Å². The highest BCUT2D eigenvalue weighted by Crippen LogP contribution is 1.73. The third-order valence-electron chi connectivity index (χ3n) is 0.493. The summed E-state index contributed by atoms with van der Waals surface area (Å²) >= 11 is 0. The molecule has 0 aromatic heterocycles. The van der Waals surface area contributed by atoms with Crippen molar-refractivity contribution in [1.29, 1.82) is 0 Å². The smallest absolute Gasteiger partial charge is 0.332 e. The average molecular weight is 309 g/mol. The van der Waals surface area contributed by atoms with Gasteiger partial charge in [-0.1, -0.05) is 0 Å². The zero-order chi connectivity index (χ0) is 15.7. The Morgan fingerprint density at radius 1 is 1.16 bits per heavy atom. The number of carbonyl (C=O) groups is 4. The lowest BCUT2D eigenvalue weighted by molar-refractivity contribution is -0.145. The second-order valence-electron chi connectivity index (χ2n) is 2.19. The Balaban J connectivity index is -0.0000000464. The Morgan fingerprint density at radius 3 is 1.26 bits per heavy atom. The van der Waals surface area contributed by atoms with Gasteiger partial charge in [0.2, 0.25) is 0 Å². The molecule has 1 atom stereocenters. The number of hydrogen-bond donors (Lipinski definition) is 6. The Labute approximate surface area is 114 Å². The first kappa shape index (κ1) is 30.3. The van der Waals surface area contributed by atoms with Crippen LogP contribution in [0.15, 0.2) is 0 Å². The SMILES string of the molecule is CC(=O)O.CC(O)C(=O)O.Cl.O=C(O)CO.O=CO. The molecule has 0 saturated carbocycles. The first-order valence-electron chi connectivity index (χ1n) is 4.07. The molecule has 6 N–H and O–H groups in total. The quantitative estimate of drug-likeness (QED) is 0.335. The van der Waals surface area contributed by atoms with Gasteiger partial charge >= 0.3 is 11.9 Å². The Morgan fingerprint density at radius 2 is 1.26 bits per heavy atom. The van der Waals surface area contributed by atoms with Crippen molar-refractivity contribution in [2.24, 2.45) is 0 Å². The van der Waals surface area contributed by atoms with Gasteiger partial charge in [0.25, 0.3) is 12.4 Å². The van der Waals surface area contributed by atoms with Crippen LogP contribution in [0.25, 0.3) is 0 Å². The van der Waals surface area contributed by atoms with Crippen molar-refractivity contribution in [2.45, 2.75) is 20.0 Å². The molecular weight excluding hydrogens is 292 g/mol. The van der Waals surface area contributed by atoms with E-state index in [0.717, 1.165) is 6.92 Å². The molecule has 0 aliphatic carbocycles. The molecule has 0 aliphatic heterocycles. The molecule has 19 heavy (non-hydrogen) atoms. The molecule has 10 nitrogen and oxygen atoms in total. The van der Waals surface area contributed by atoms with E-state index < -0.39 is 30.6 Å². The van der Waals surface area contributed by atoms with Crippen molar-refractivity contribution in [1.82, 2.24) is 0 Å². The molecule has 0 aromatic rings. The minimum absolute atomic E-state index is 0. The molecule has 0 amide bonds. The van der Waals surface area contributed by atoms with Crippen LogP contribution in [0.5, 0.6) is 0 Å². The van der Waals surface area contributed by atoms with Gasteiger partial charge in [0.05, 0.1) is 0 Å². The van der Waals surface area contributed by atoms with Gasteiger partial charge in [-0.3, -0.25) is 9.59 Å². The summed E-state index contributed by atoms with van der Waals surface area (Å²) in [4.78, 5) is 35.9. The number of hydrogen-bond acceptors (Lipinski definition) is 6. The Kier molecular flexibility index (Phi) is 39.9. The predicted octanol–water partition coefficient (Wildman–Crippen LogP) is -1.27. The minimum Gasteiger partial charge on any atom is -0.483 e. The number of carboxylic acid groups (broad SMARTS) is 4. The lowest BCUT2D eigenvalue weighted by Crippen LogP contribution is -2.13. The Hall–Kier alpha value is -1.91. The maximum atomic E-state index is 9.45. The molecule has 1 unspecified atom stereocenters. The first-order chi connectivity index (χ1) is 8.06. The molecule has 0 spiro atoms. The summed E-state index contributed by atoms with van der Waals surface area (Å²) in [5.41, 5.74) is 0. The topological polar surface area (TPSA) is 190 Å². The fraction of sp³-hybridized carbons (Fsp3) is 0.500. The second kappa shape index (κ2) is 25.1. The standard InChI is InChI=1S/C3H6O3.C2H4O3.C2H4O2.CH2O2.ClH/c1-2(4)3(5)6;3-1-2(4)5;1-2(3)4;2-1-3;/h2,4H,1H3,(H,5,6);3H,1H2,(H,4,5);1H3,(H,3,4);1H,(H,2,3);1H. The molecule has 0 bridgehead atoms. The normalized spacial score (nSPS) is 8.21. The van der Waals surface area contributed by atoms with E-state index in [4.69, 9.17) is 45.0 Å². The first-order valence-corrected chi connectivity index (χ1v) is 4.07. The van der Waals surface area contributed by atoms with Gasteiger partial charge < -0.3 is 30.6 Å². The number of carboxylic acids is 3. The van der Waals surface area contributed by atoms with Crippen molar-refractivity contribution < 1.29 is 49.8 Å². The molecular formula is C8H17ClO10. The maximum Gasteiger partial charge on any atom is 0.332 e. The molecule has 0 fully saturated rings. The largest absolute Gasteiger partial charge is 0.483 e. The van der Waals surface area contributed by atoms with E-state index in [9.17, 15) is 4.79 Å². The zero-order valence-corrected chi connectivity index (χ0v) is 10.9. The van der Waals surface area contributed by atoms with Crippen LogP contribution in [-0.4, -0.2) is 67.7 Å². The van der Waals surface area contributed by atoms with Gasteiger partial charge in [-0.25, -0.2) is 9.59 Å². The molecule has 0 saturated heterocycles. The third-order valence-corrected chi connectivity index (χ3v) is 0.493. The highest BCUT2D eigenvalue weighted by atomic mass is 35.5. The van der Waals surface area contributed by atoms with Gasteiger partial charge in [-0.2, -0.15) is 0 Å². The van der Waals surface area contributed by atoms with E-state index in [1.165, 1.54) is 6.92 Å². The minimum atomic E-state index is -1.23. The summed E-state index contributed by atoms with van der Waals surface area (Å²) in [5, 5.41) is 45.1. The van der Waals surface area contributed by atoms with Crippen LogP contribution < -0.4 is 0 Å². The molecule has 0 rings (SSSR count). The summed E-state index contributed by atoms with van der Waals surface area (Å²) in [7, 11) is 0. The fourth-order valence-electron chi connectivity index (χ4n) is 0. The highest BCUT2D eigenvalue weighted by molar-refractivity contribution is 5.85. The van der Waals surface area contributed by atoms with Crippen molar-refractivity contribution in [2.75, 3.05) is 6.61 Å². The van der Waals surface area contributed by atoms with E-state index in [-0.39, 0.29) is 18.9 Å². The molecule has 116 valence electrons. The molecule has 0 heterocycles. The van der Waals surface area contributed by atoms with Crippen LogP contribution in [0.3, 0.4) is 0 Å². The van der Waals surface area contributed by atoms with Gasteiger partial charge in [0.1, 0.15) is 12.7 Å². The van der Waals surface area contributed by atoms with Crippen molar-refractivity contribution >= 4 is 36.8 Å². The van der Waals surface area contributed by atoms with Crippen LogP contribution in [0.4, 0.5) is 0 Å². The maximum absolute atomic E-state index is 9.45. The lowest BCUT2D eigenvalue weighted by Gasteiger charge is -1.89. The van der Waals surface area contributed by atoms with E-state index in [1.54, 1.807) is 0 Å². The Bertz CT molecular complexity index is 236. The molecule has 11 heteroatoms. The number of aliphatic hydroxyl groups excluding tert-OH is 2. The number of halogens is 1. The highest BCUT2D eigenvalue weighted by Gasteiger charge is 2.01. The van der Waals surface area contributed by atoms with Crippen LogP contribution in [0, 0.1) is 0 Å². The summed E-state index contributed by atoms with van der Waals surface area (Å²) in [6.45, 7) is 1.25. The van der Waals surface area contributed by atoms with E-state index in [1.807, 2.05) is 0 Å². The van der Waals surface area contributed by atoms with Crippen molar-refractivity contribution in [3.05, 3.63) is 0 Å². The second-order valence-corrected chi connectivity index (χ2v) is 2.19. The monoisotopic (exact) mass is 308 g/mol. The fourth-order valence-corrected chi connectivity index (χ4v) is 0. The summed E-state index contributed by atoms with van der Waals surface area (Å²) < 4.78 is 0. The van der Waals surface area contributed by atoms with Gasteiger partial charge in [-0.05, 0) is 6.92 Å². The van der Waals surface area contributed by atoms with E-state index in [2.05, 4.69) is 0 Å². The number of rotatable bonds is 2. The van der Waals surface area contributed by atoms with Gasteiger partial charge in [0.15, 0.2) is 0 Å². The lowest BCUT2D eigenvalue weighted by atomic mass is 10.4. The molecule has 0 aromatic carbocycles. The van der Waals surface area contributed by atoms with Crippen LogP contribution in [-0.2, 0) is 19.2 Å². The van der Waals surface area contributed by atoms with Crippen molar-refractivity contribution in [3.63, 3.8) is 0 Å². The van der Waals surface area contributed by atoms with Gasteiger partial charge in [0, 0.05) is 6.92 Å². The zero-order valence-electron chi connectivity index (χ0n) is 10.1.